The van der Waals surface area contributed by atoms with Crippen molar-refractivity contribution in [3.63, 3.8) is 0 Å². The number of hydrogen-bond donors (Lipinski definition) is 4. The minimum atomic E-state index is -0.666. The molecule has 2 aromatic rings. The van der Waals surface area contributed by atoms with Crippen LogP contribution in [0.25, 0.3) is 10.8 Å². The summed E-state index contributed by atoms with van der Waals surface area (Å²) in [4.78, 5) is 25.3. The smallest absolute Gasteiger partial charge is 0.328 e. The summed E-state index contributed by atoms with van der Waals surface area (Å²) in [5.74, 6) is 0.0495. The molecule has 1 fully saturated rings. The van der Waals surface area contributed by atoms with E-state index in [2.05, 4.69) is 28.6 Å². The molecule has 3 rings (SSSR count). The molecule has 3 atom stereocenters. The number of anilines is 1. The minimum absolute atomic E-state index is 0.277. The Labute approximate surface area is 187 Å². The topological polar surface area (TPSA) is 79.5 Å². The number of carbonyl (C=O) groups is 2. The first-order valence-corrected chi connectivity index (χ1v) is 12.0. The second-order valence-electron chi connectivity index (χ2n) is 7.45. The summed E-state index contributed by atoms with van der Waals surface area (Å²) in [6, 6.07) is 11.4. The van der Waals surface area contributed by atoms with E-state index in [0.717, 1.165) is 41.7 Å². The van der Waals surface area contributed by atoms with Crippen LogP contribution in [0.3, 0.4) is 0 Å². The van der Waals surface area contributed by atoms with Crippen LogP contribution in [-0.2, 0) is 9.53 Å². The third kappa shape index (κ3) is 5.83. The molecular weight excluding hydrogens is 418 g/mol. The second kappa shape index (κ2) is 10.9. The van der Waals surface area contributed by atoms with Crippen molar-refractivity contribution in [1.82, 2.24) is 10.6 Å². The summed E-state index contributed by atoms with van der Waals surface area (Å²) < 4.78 is 4.87. The Bertz CT molecular complexity index is 893. The van der Waals surface area contributed by atoms with Gasteiger partial charge in [-0.1, -0.05) is 24.3 Å². The van der Waals surface area contributed by atoms with E-state index in [-0.39, 0.29) is 5.91 Å². The highest BCUT2D eigenvalue weighted by Crippen LogP contribution is 2.25. The Morgan fingerprint density at radius 3 is 2.83 bits per heavy atom. The van der Waals surface area contributed by atoms with Crippen LogP contribution in [0.15, 0.2) is 36.4 Å². The van der Waals surface area contributed by atoms with Crippen molar-refractivity contribution in [2.24, 2.45) is 0 Å². The molecule has 2 unspecified atom stereocenters. The van der Waals surface area contributed by atoms with Crippen molar-refractivity contribution in [3.8, 4) is 0 Å². The van der Waals surface area contributed by atoms with Gasteiger partial charge in [0.15, 0.2) is 0 Å². The molecule has 30 heavy (non-hydrogen) atoms. The highest BCUT2D eigenvalue weighted by atomic mass is 32.2. The molecule has 0 bridgehead atoms. The van der Waals surface area contributed by atoms with Gasteiger partial charge in [0.05, 0.1) is 7.11 Å². The first-order chi connectivity index (χ1) is 14.5. The number of hydrogen-bond acceptors (Lipinski definition) is 7. The summed E-state index contributed by atoms with van der Waals surface area (Å²) in [6.45, 7) is 1.67. The minimum Gasteiger partial charge on any atom is -0.467 e. The molecule has 162 valence electrons. The lowest BCUT2D eigenvalue weighted by molar-refractivity contribution is -0.142. The number of esters is 1. The number of ether oxygens (including phenoxy) is 1. The molecule has 1 heterocycles. The predicted octanol–water partition coefficient (Wildman–Crippen LogP) is 2.94. The van der Waals surface area contributed by atoms with Gasteiger partial charge in [0.1, 0.15) is 6.04 Å². The lowest BCUT2D eigenvalue weighted by atomic mass is 10.0. The van der Waals surface area contributed by atoms with E-state index in [1.165, 1.54) is 7.11 Å². The van der Waals surface area contributed by atoms with Gasteiger partial charge in [-0.05, 0) is 47.8 Å². The molecule has 0 saturated carbocycles. The molecular formula is C22H29N3O3S2. The number of benzene rings is 2. The fourth-order valence-corrected chi connectivity index (χ4v) is 4.49. The van der Waals surface area contributed by atoms with Crippen LogP contribution in [0.5, 0.6) is 0 Å². The number of carbonyl (C=O) groups excluding carboxylic acids is 2. The summed E-state index contributed by atoms with van der Waals surface area (Å²) in [6.07, 6.45) is 3.49. The molecule has 2 aromatic carbocycles. The van der Waals surface area contributed by atoms with Gasteiger partial charge in [-0.15, -0.1) is 0 Å². The van der Waals surface area contributed by atoms with Crippen LogP contribution in [0.4, 0.5) is 5.69 Å². The van der Waals surface area contributed by atoms with E-state index in [9.17, 15) is 9.59 Å². The molecule has 0 aromatic heterocycles. The van der Waals surface area contributed by atoms with Crippen LogP contribution < -0.4 is 16.0 Å². The van der Waals surface area contributed by atoms with Crippen LogP contribution in [0.2, 0.25) is 0 Å². The maximum atomic E-state index is 13.1. The molecule has 0 radical (unpaired) electrons. The van der Waals surface area contributed by atoms with Gasteiger partial charge in [-0.25, -0.2) is 4.79 Å². The zero-order valence-corrected chi connectivity index (χ0v) is 19.0. The number of nitrogens with one attached hydrogen (secondary N) is 3. The Kier molecular flexibility index (Phi) is 8.30. The number of thiol groups is 1. The summed E-state index contributed by atoms with van der Waals surface area (Å²) >= 11 is 6.15. The highest BCUT2D eigenvalue weighted by molar-refractivity contribution is 7.98. The number of amides is 1. The number of rotatable bonds is 9. The van der Waals surface area contributed by atoms with E-state index < -0.39 is 12.0 Å². The SMILES string of the molecule is COC(=O)C(CCSC)NC(=O)c1cc(NC[C@@H]2CC(S)CN2)cc2ccccc12. The third-order valence-corrected chi connectivity index (χ3v) is 6.30. The molecule has 3 N–H and O–H groups in total. The maximum Gasteiger partial charge on any atom is 0.328 e. The largest absolute Gasteiger partial charge is 0.467 e. The molecule has 1 aliphatic rings. The zero-order valence-electron chi connectivity index (χ0n) is 17.3. The van der Waals surface area contributed by atoms with Crippen molar-refractivity contribution in [1.29, 1.82) is 0 Å². The molecule has 8 heteroatoms. The van der Waals surface area contributed by atoms with Crippen molar-refractivity contribution in [2.45, 2.75) is 30.2 Å². The average molecular weight is 448 g/mol. The van der Waals surface area contributed by atoms with E-state index in [0.29, 0.717) is 23.3 Å². The summed E-state index contributed by atoms with van der Waals surface area (Å²) in [7, 11) is 1.34. The lowest BCUT2D eigenvalue weighted by Gasteiger charge is -2.18. The monoisotopic (exact) mass is 447 g/mol. The first-order valence-electron chi connectivity index (χ1n) is 10.1. The number of fused-ring (bicyclic) bond motifs is 1. The Hall–Kier alpha value is -1.90. The zero-order chi connectivity index (χ0) is 21.5. The van der Waals surface area contributed by atoms with Gasteiger partial charge in [-0.2, -0.15) is 24.4 Å². The second-order valence-corrected chi connectivity index (χ2v) is 9.17. The standard InChI is InChI=1S/C22H29N3O3S2/c1-28-22(27)20(7-8-30-2)25-21(26)19-11-15(9-14-5-3-4-6-18(14)19)23-12-16-10-17(29)13-24-16/h3-6,9,11,16-17,20,23-24,29H,7-8,10,12-13H2,1-2H3,(H,25,26)/t16-,17?,20?/m0/s1. The Balaban J connectivity index is 1.81. The van der Waals surface area contributed by atoms with E-state index in [1.807, 2.05) is 42.7 Å². The van der Waals surface area contributed by atoms with Gasteiger partial charge in [0, 0.05) is 35.6 Å². The van der Waals surface area contributed by atoms with Gasteiger partial charge >= 0.3 is 5.97 Å². The molecule has 0 spiro atoms. The molecule has 1 saturated heterocycles. The van der Waals surface area contributed by atoms with Gasteiger partial charge in [0.25, 0.3) is 5.91 Å². The van der Waals surface area contributed by atoms with Crippen molar-refractivity contribution >= 4 is 52.7 Å². The molecule has 1 aliphatic heterocycles. The normalized spacial score (nSPS) is 19.4. The van der Waals surface area contributed by atoms with E-state index in [1.54, 1.807) is 11.8 Å². The van der Waals surface area contributed by atoms with Gasteiger partial charge in [-0.3, -0.25) is 4.79 Å². The van der Waals surface area contributed by atoms with Crippen molar-refractivity contribution < 1.29 is 14.3 Å². The quantitative estimate of drug-likeness (QED) is 0.350. The number of thioether (sulfide) groups is 1. The van der Waals surface area contributed by atoms with Gasteiger partial charge in [0.2, 0.25) is 0 Å². The van der Waals surface area contributed by atoms with Crippen LogP contribution in [0, 0.1) is 0 Å². The van der Waals surface area contributed by atoms with Crippen molar-refractivity contribution in [2.75, 3.05) is 37.5 Å². The third-order valence-electron chi connectivity index (χ3n) is 5.26. The fraction of sp³-hybridized carbons (Fsp3) is 0.455. The molecule has 6 nitrogen and oxygen atoms in total. The molecule has 1 amide bonds. The average Bonchev–Trinajstić information content (AvgIpc) is 3.18. The van der Waals surface area contributed by atoms with Crippen LogP contribution in [0.1, 0.15) is 23.2 Å². The van der Waals surface area contributed by atoms with Crippen molar-refractivity contribution in [3.05, 3.63) is 42.0 Å². The van der Waals surface area contributed by atoms with Gasteiger partial charge < -0.3 is 20.7 Å². The Morgan fingerprint density at radius 1 is 1.33 bits per heavy atom. The summed E-state index contributed by atoms with van der Waals surface area (Å²) in [5, 5.41) is 12.0. The molecule has 0 aliphatic carbocycles. The van der Waals surface area contributed by atoms with E-state index in [4.69, 9.17) is 4.74 Å². The fourth-order valence-electron chi connectivity index (χ4n) is 3.66. The van der Waals surface area contributed by atoms with E-state index >= 15 is 0 Å². The first kappa shape index (κ1) is 22.8. The summed E-state index contributed by atoms with van der Waals surface area (Å²) in [5.41, 5.74) is 1.42. The van der Waals surface area contributed by atoms with Crippen LogP contribution in [-0.4, -0.2) is 61.4 Å². The maximum absolute atomic E-state index is 13.1. The lowest BCUT2D eigenvalue weighted by Crippen LogP contribution is -2.42. The Morgan fingerprint density at radius 2 is 2.13 bits per heavy atom. The highest BCUT2D eigenvalue weighted by Gasteiger charge is 2.24. The predicted molar refractivity (Wildman–Crippen MR) is 128 cm³/mol. The number of methoxy groups -OCH3 is 1. The van der Waals surface area contributed by atoms with Crippen LogP contribution >= 0.6 is 24.4 Å².